The van der Waals surface area contributed by atoms with Crippen molar-refractivity contribution in [1.82, 2.24) is 10.2 Å². The van der Waals surface area contributed by atoms with Crippen molar-refractivity contribution in [1.29, 1.82) is 0 Å². The lowest BCUT2D eigenvalue weighted by Crippen LogP contribution is -2.54. The quantitative estimate of drug-likeness (QED) is 0.177. The van der Waals surface area contributed by atoms with Gasteiger partial charge in [-0.15, -0.1) is 0 Å². The van der Waals surface area contributed by atoms with Crippen LogP contribution in [0.25, 0.3) is 0 Å². The Balaban J connectivity index is 1.86. The summed E-state index contributed by atoms with van der Waals surface area (Å²) in [6, 6.07) is 26.5. The summed E-state index contributed by atoms with van der Waals surface area (Å²) in [4.78, 5) is 29.8. The fourth-order valence-electron chi connectivity index (χ4n) is 5.11. The molecule has 0 aliphatic heterocycles. The molecule has 0 bridgehead atoms. The Kier molecular flexibility index (Phi) is 11.3. The van der Waals surface area contributed by atoms with E-state index in [1.165, 1.54) is 17.0 Å². The highest BCUT2D eigenvalue weighted by Gasteiger charge is 2.35. The molecule has 1 atom stereocenters. The van der Waals surface area contributed by atoms with E-state index in [1.807, 2.05) is 57.2 Å². The molecule has 1 unspecified atom stereocenters. The van der Waals surface area contributed by atoms with E-state index in [9.17, 15) is 18.0 Å². The summed E-state index contributed by atoms with van der Waals surface area (Å²) in [7, 11) is -4.20. The SMILES string of the molecule is Cc1ccc(N(CC(=O)N(Cc2c(Cl)cccc2Cl)C(Cc2ccccc2)C(=O)NC(C)C)S(=O)(=O)c2ccccc2)c(C)c1. The zero-order chi connectivity index (χ0) is 32.7. The molecule has 10 heteroatoms. The van der Waals surface area contributed by atoms with Crippen LogP contribution < -0.4 is 9.62 Å². The van der Waals surface area contributed by atoms with Gasteiger partial charge in [-0.25, -0.2) is 8.42 Å². The van der Waals surface area contributed by atoms with Gasteiger partial charge in [-0.1, -0.05) is 95.5 Å². The zero-order valence-electron chi connectivity index (χ0n) is 25.7. The van der Waals surface area contributed by atoms with Crippen molar-refractivity contribution in [3.8, 4) is 0 Å². The molecule has 0 fully saturated rings. The molecule has 7 nitrogen and oxygen atoms in total. The number of carbonyl (C=O) groups is 2. The second kappa shape index (κ2) is 15.0. The summed E-state index contributed by atoms with van der Waals surface area (Å²) in [6.07, 6.45) is 0.183. The summed E-state index contributed by atoms with van der Waals surface area (Å²) < 4.78 is 29.4. The molecule has 45 heavy (non-hydrogen) atoms. The number of hydrogen-bond donors (Lipinski definition) is 1. The maximum atomic E-state index is 14.6. The minimum absolute atomic E-state index is 0.0388. The van der Waals surface area contributed by atoms with E-state index in [0.29, 0.717) is 26.9 Å². The van der Waals surface area contributed by atoms with Crippen molar-refractivity contribution >= 4 is 50.7 Å². The number of benzene rings is 4. The van der Waals surface area contributed by atoms with E-state index in [0.717, 1.165) is 15.4 Å². The van der Waals surface area contributed by atoms with Crippen LogP contribution in [0.5, 0.6) is 0 Å². The van der Waals surface area contributed by atoms with Gasteiger partial charge in [0.15, 0.2) is 0 Å². The minimum atomic E-state index is -4.20. The van der Waals surface area contributed by atoms with Crippen LogP contribution in [0.4, 0.5) is 5.69 Å². The first kappa shape index (κ1) is 34.0. The fraction of sp³-hybridized carbons (Fsp3) is 0.257. The van der Waals surface area contributed by atoms with Crippen LogP contribution in [0.3, 0.4) is 0 Å². The summed E-state index contributed by atoms with van der Waals surface area (Å²) in [5.41, 5.74) is 3.27. The van der Waals surface area contributed by atoms with Gasteiger partial charge < -0.3 is 10.2 Å². The number of rotatable bonds is 12. The number of anilines is 1. The van der Waals surface area contributed by atoms with Crippen molar-refractivity contribution in [2.24, 2.45) is 0 Å². The van der Waals surface area contributed by atoms with Crippen LogP contribution in [0, 0.1) is 13.8 Å². The van der Waals surface area contributed by atoms with E-state index < -0.39 is 28.5 Å². The number of nitrogens with one attached hydrogen (secondary N) is 1. The van der Waals surface area contributed by atoms with Crippen LogP contribution in [0.1, 0.15) is 36.1 Å². The molecule has 4 aromatic rings. The van der Waals surface area contributed by atoms with Gasteiger partial charge in [0.1, 0.15) is 12.6 Å². The highest BCUT2D eigenvalue weighted by Crippen LogP contribution is 2.30. The number of aryl methyl sites for hydroxylation is 2. The van der Waals surface area contributed by atoms with Crippen molar-refractivity contribution in [2.75, 3.05) is 10.8 Å². The summed E-state index contributed by atoms with van der Waals surface area (Å²) in [6.45, 7) is 6.70. The van der Waals surface area contributed by atoms with Crippen molar-refractivity contribution in [3.63, 3.8) is 0 Å². The number of halogens is 2. The average molecular weight is 667 g/mol. The molecule has 0 aliphatic rings. The van der Waals surface area contributed by atoms with Crippen LogP contribution in [-0.2, 0) is 32.6 Å². The first-order valence-corrected chi connectivity index (χ1v) is 16.8. The van der Waals surface area contributed by atoms with Gasteiger partial charge in [-0.2, -0.15) is 0 Å². The Hall–Kier alpha value is -3.85. The Labute approximate surface area is 275 Å². The third-order valence-electron chi connectivity index (χ3n) is 7.32. The van der Waals surface area contributed by atoms with Crippen LogP contribution in [0.15, 0.2) is 102 Å². The monoisotopic (exact) mass is 665 g/mol. The fourth-order valence-corrected chi connectivity index (χ4v) is 7.12. The maximum Gasteiger partial charge on any atom is 0.264 e. The van der Waals surface area contributed by atoms with E-state index in [4.69, 9.17) is 23.2 Å². The molecule has 0 saturated heterocycles. The van der Waals surface area contributed by atoms with E-state index in [1.54, 1.807) is 55.5 Å². The zero-order valence-corrected chi connectivity index (χ0v) is 28.0. The highest BCUT2D eigenvalue weighted by atomic mass is 35.5. The second-order valence-corrected chi connectivity index (χ2v) is 13.9. The topological polar surface area (TPSA) is 86.8 Å². The van der Waals surface area contributed by atoms with Crippen LogP contribution in [-0.4, -0.2) is 43.8 Å². The second-order valence-electron chi connectivity index (χ2n) is 11.2. The lowest BCUT2D eigenvalue weighted by Gasteiger charge is -2.34. The molecule has 2 amide bonds. The molecule has 0 radical (unpaired) electrons. The van der Waals surface area contributed by atoms with E-state index in [-0.39, 0.29) is 29.8 Å². The molecule has 0 saturated carbocycles. The first-order valence-electron chi connectivity index (χ1n) is 14.6. The number of hydrogen-bond acceptors (Lipinski definition) is 4. The van der Waals surface area contributed by atoms with Crippen molar-refractivity contribution in [3.05, 3.63) is 129 Å². The molecule has 0 aliphatic carbocycles. The molecule has 236 valence electrons. The Morgan fingerprint density at radius 1 is 0.822 bits per heavy atom. The van der Waals surface area contributed by atoms with Gasteiger partial charge in [0.25, 0.3) is 10.0 Å². The molecular weight excluding hydrogens is 629 g/mol. The smallest absolute Gasteiger partial charge is 0.264 e. The maximum absolute atomic E-state index is 14.6. The van der Waals surface area contributed by atoms with E-state index in [2.05, 4.69) is 5.32 Å². The number of sulfonamides is 1. The van der Waals surface area contributed by atoms with Gasteiger partial charge in [-0.05, 0) is 69.2 Å². The Bertz CT molecular complexity index is 1730. The van der Waals surface area contributed by atoms with Crippen molar-refractivity contribution in [2.45, 2.75) is 57.6 Å². The third-order valence-corrected chi connectivity index (χ3v) is 9.81. The lowest BCUT2D eigenvalue weighted by molar-refractivity contribution is -0.140. The van der Waals surface area contributed by atoms with Crippen LogP contribution in [0.2, 0.25) is 10.0 Å². The predicted octanol–water partition coefficient (Wildman–Crippen LogP) is 6.97. The number of carbonyl (C=O) groups excluding carboxylic acids is 2. The Morgan fingerprint density at radius 3 is 2.00 bits per heavy atom. The summed E-state index contributed by atoms with van der Waals surface area (Å²) in [5, 5.41) is 3.59. The highest BCUT2D eigenvalue weighted by molar-refractivity contribution is 7.92. The first-order chi connectivity index (χ1) is 21.4. The normalized spacial score (nSPS) is 12.1. The summed E-state index contributed by atoms with van der Waals surface area (Å²) >= 11 is 13.1. The van der Waals surface area contributed by atoms with Gasteiger partial charge in [-0.3, -0.25) is 13.9 Å². The molecule has 0 aromatic heterocycles. The average Bonchev–Trinajstić information content (AvgIpc) is 2.99. The number of nitrogens with zero attached hydrogens (tertiary/aromatic N) is 2. The number of amides is 2. The Morgan fingerprint density at radius 2 is 1.42 bits per heavy atom. The third kappa shape index (κ3) is 8.45. The molecular formula is C35H37Cl2N3O4S. The van der Waals surface area contributed by atoms with Crippen LogP contribution >= 0.6 is 23.2 Å². The van der Waals surface area contributed by atoms with Gasteiger partial charge in [0.2, 0.25) is 11.8 Å². The standard InChI is InChI=1S/C35H37Cl2N3O4S/c1-24(2)38-35(42)33(21-27-12-7-5-8-13-27)39(22-29-30(36)16-11-17-31(29)37)34(41)23-40(32-19-18-25(3)20-26(32)4)45(43,44)28-14-9-6-10-15-28/h5-20,24,33H,21-23H2,1-4H3,(H,38,42). The largest absolute Gasteiger partial charge is 0.352 e. The molecule has 4 aromatic carbocycles. The minimum Gasteiger partial charge on any atom is -0.352 e. The van der Waals surface area contributed by atoms with E-state index >= 15 is 0 Å². The van der Waals surface area contributed by atoms with Crippen molar-refractivity contribution < 1.29 is 18.0 Å². The molecule has 0 heterocycles. The van der Waals surface area contributed by atoms with Gasteiger partial charge in [0, 0.05) is 34.6 Å². The lowest BCUT2D eigenvalue weighted by atomic mass is 10.0. The predicted molar refractivity (Wildman–Crippen MR) is 181 cm³/mol. The summed E-state index contributed by atoms with van der Waals surface area (Å²) in [5.74, 6) is -0.973. The molecule has 4 rings (SSSR count). The van der Waals surface area contributed by atoms with Gasteiger partial charge in [0.05, 0.1) is 10.6 Å². The molecule has 0 spiro atoms. The van der Waals surface area contributed by atoms with Gasteiger partial charge >= 0.3 is 0 Å². The molecule has 1 N–H and O–H groups in total.